The number of rotatable bonds is 4. The Balaban J connectivity index is 0. The first-order valence-electron chi connectivity index (χ1n) is 5.55. The lowest BCUT2D eigenvalue weighted by molar-refractivity contribution is -0.140. The number of ether oxygens (including phenoxy) is 2. The summed E-state index contributed by atoms with van der Waals surface area (Å²) in [5.74, 6) is -0.878. The summed E-state index contributed by atoms with van der Waals surface area (Å²) < 4.78 is 8.89. The van der Waals surface area contributed by atoms with E-state index in [1.165, 1.54) is 7.11 Å². The molecular weight excluding hydrogens is 256 g/mol. The first-order chi connectivity index (χ1) is 8.62. The van der Waals surface area contributed by atoms with E-state index in [0.29, 0.717) is 0 Å². The minimum absolute atomic E-state index is 0.127. The number of aliphatic hydroxyl groups excluding tert-OH is 1. The molecule has 0 aliphatic rings. The number of carbonyl (C=O) groups excluding carboxylic acids is 3. The fraction of sp³-hybridized carbons (Fsp3) is 0.727. The van der Waals surface area contributed by atoms with Gasteiger partial charge in [0.1, 0.15) is 12.2 Å². The Morgan fingerprint density at radius 2 is 1.79 bits per heavy atom. The normalized spacial score (nSPS) is 9.74. The van der Waals surface area contributed by atoms with Crippen LogP contribution in [-0.2, 0) is 19.1 Å². The van der Waals surface area contributed by atoms with E-state index in [0.717, 1.165) is 0 Å². The topological polar surface area (TPSA) is 128 Å². The lowest BCUT2D eigenvalue weighted by Crippen LogP contribution is -2.28. The van der Waals surface area contributed by atoms with Gasteiger partial charge in [-0.1, -0.05) is 0 Å². The Morgan fingerprint density at radius 1 is 1.26 bits per heavy atom. The van der Waals surface area contributed by atoms with Gasteiger partial charge in [0.15, 0.2) is 0 Å². The van der Waals surface area contributed by atoms with Crippen molar-refractivity contribution in [2.24, 2.45) is 5.73 Å². The molecule has 19 heavy (non-hydrogen) atoms. The van der Waals surface area contributed by atoms with Gasteiger partial charge >= 0.3 is 12.1 Å². The van der Waals surface area contributed by atoms with Crippen molar-refractivity contribution in [2.45, 2.75) is 32.8 Å². The summed E-state index contributed by atoms with van der Waals surface area (Å²) in [7, 11) is 1.27. The quantitative estimate of drug-likeness (QED) is 0.597. The van der Waals surface area contributed by atoms with Crippen LogP contribution < -0.4 is 11.1 Å². The van der Waals surface area contributed by atoms with Crippen molar-refractivity contribution in [3.8, 4) is 0 Å². The van der Waals surface area contributed by atoms with Gasteiger partial charge in [0, 0.05) is 6.54 Å². The number of hydrogen-bond donors (Lipinski definition) is 3. The van der Waals surface area contributed by atoms with Crippen LogP contribution in [0.4, 0.5) is 4.79 Å². The van der Waals surface area contributed by atoms with Gasteiger partial charge in [-0.2, -0.15) is 0 Å². The van der Waals surface area contributed by atoms with Crippen LogP contribution in [0.25, 0.3) is 0 Å². The van der Waals surface area contributed by atoms with Crippen LogP contribution in [0.5, 0.6) is 0 Å². The maximum Gasteiger partial charge on any atom is 0.405 e. The highest BCUT2D eigenvalue weighted by Gasteiger charge is 2.12. The Hall–Kier alpha value is -1.83. The highest BCUT2D eigenvalue weighted by Crippen LogP contribution is 2.04. The zero-order chi connectivity index (χ0) is 15.5. The van der Waals surface area contributed by atoms with E-state index in [9.17, 15) is 14.4 Å². The molecule has 0 rings (SSSR count). The summed E-state index contributed by atoms with van der Waals surface area (Å²) in [6.45, 7) is 4.93. The lowest BCUT2D eigenvalue weighted by Gasteiger charge is -2.16. The highest BCUT2D eigenvalue weighted by molar-refractivity contribution is 5.77. The molecule has 0 bridgehead atoms. The average Bonchev–Trinajstić information content (AvgIpc) is 2.25. The molecule has 0 fully saturated rings. The minimum atomic E-state index is -0.725. The third kappa shape index (κ3) is 18.7. The van der Waals surface area contributed by atoms with Crippen molar-refractivity contribution >= 4 is 18.0 Å². The summed E-state index contributed by atoms with van der Waals surface area (Å²) >= 11 is 0. The number of esters is 1. The maximum atomic E-state index is 10.4. The number of nitrogens with two attached hydrogens (primary N) is 1. The van der Waals surface area contributed by atoms with E-state index < -0.39 is 24.2 Å². The summed E-state index contributed by atoms with van der Waals surface area (Å²) in [5, 5.41) is 10.5. The predicted molar refractivity (Wildman–Crippen MR) is 67.1 cm³/mol. The molecule has 0 heterocycles. The molecule has 0 aromatic heterocycles. The van der Waals surface area contributed by atoms with E-state index in [4.69, 9.17) is 10.8 Å². The third-order valence-corrected chi connectivity index (χ3v) is 1.43. The lowest BCUT2D eigenvalue weighted by atomic mass is 10.2. The van der Waals surface area contributed by atoms with Crippen LogP contribution in [0.3, 0.4) is 0 Å². The Labute approximate surface area is 112 Å². The van der Waals surface area contributed by atoms with E-state index >= 15 is 0 Å². The van der Waals surface area contributed by atoms with Gasteiger partial charge in [-0.3, -0.25) is 9.59 Å². The van der Waals surface area contributed by atoms with Gasteiger partial charge in [-0.15, -0.1) is 0 Å². The van der Waals surface area contributed by atoms with Gasteiger partial charge < -0.3 is 25.6 Å². The zero-order valence-corrected chi connectivity index (χ0v) is 11.7. The van der Waals surface area contributed by atoms with Crippen molar-refractivity contribution in [3.63, 3.8) is 0 Å². The van der Waals surface area contributed by atoms with Crippen LogP contribution in [0.15, 0.2) is 0 Å². The first kappa shape index (κ1) is 19.5. The molecule has 0 saturated heterocycles. The number of aliphatic hydroxyl groups is 1. The van der Waals surface area contributed by atoms with Crippen LogP contribution in [0.2, 0.25) is 0 Å². The minimum Gasteiger partial charge on any atom is -0.469 e. The fourth-order valence-corrected chi connectivity index (χ4v) is 0.764. The SMILES string of the molecule is CC(C)(C)OC(N)=O.COC(=O)CCNC(=O)CO. The number of amides is 2. The standard InChI is InChI=1S/C6H11NO4.C5H11NO2/c1-11-6(10)2-3-7-5(9)4-8;1-5(2,3)8-4(6)7/h8H,2-4H2,1H3,(H,7,9);1-3H3,(H2,6,7). The van der Waals surface area contributed by atoms with Crippen LogP contribution in [0, 0.1) is 0 Å². The van der Waals surface area contributed by atoms with Crippen molar-refractivity contribution in [3.05, 3.63) is 0 Å². The number of nitrogens with one attached hydrogen (secondary N) is 1. The number of carbonyl (C=O) groups is 3. The molecule has 0 aliphatic carbocycles. The molecular formula is C11H22N2O6. The Morgan fingerprint density at radius 3 is 2.05 bits per heavy atom. The largest absolute Gasteiger partial charge is 0.469 e. The third-order valence-electron chi connectivity index (χ3n) is 1.43. The molecule has 8 heteroatoms. The molecule has 0 aromatic rings. The van der Waals surface area contributed by atoms with Crippen molar-refractivity contribution in [1.82, 2.24) is 5.32 Å². The molecule has 0 unspecified atom stereocenters. The Bertz CT molecular complexity index is 282. The van der Waals surface area contributed by atoms with Crippen molar-refractivity contribution in [1.29, 1.82) is 0 Å². The molecule has 8 nitrogen and oxygen atoms in total. The molecule has 0 atom stereocenters. The molecule has 0 saturated carbocycles. The summed E-state index contributed by atoms with van der Waals surface area (Å²) in [6, 6.07) is 0. The van der Waals surface area contributed by atoms with E-state index in [-0.39, 0.29) is 18.9 Å². The van der Waals surface area contributed by atoms with Gasteiger partial charge in [0.25, 0.3) is 0 Å². The fourth-order valence-electron chi connectivity index (χ4n) is 0.764. The molecule has 0 radical (unpaired) electrons. The summed E-state index contributed by atoms with van der Waals surface area (Å²) in [6.07, 6.45) is -0.597. The first-order valence-corrected chi connectivity index (χ1v) is 5.55. The summed E-state index contributed by atoms with van der Waals surface area (Å²) in [5.41, 5.74) is 4.26. The number of primary amides is 1. The zero-order valence-electron chi connectivity index (χ0n) is 11.7. The molecule has 2 amide bonds. The number of hydrogen-bond acceptors (Lipinski definition) is 6. The molecule has 0 aliphatic heterocycles. The van der Waals surface area contributed by atoms with Crippen LogP contribution in [0.1, 0.15) is 27.2 Å². The van der Waals surface area contributed by atoms with E-state index in [2.05, 4.69) is 14.8 Å². The van der Waals surface area contributed by atoms with Gasteiger partial charge in [0.2, 0.25) is 5.91 Å². The van der Waals surface area contributed by atoms with Crippen LogP contribution >= 0.6 is 0 Å². The predicted octanol–water partition coefficient (Wildman–Crippen LogP) is -0.462. The average molecular weight is 278 g/mol. The molecule has 4 N–H and O–H groups in total. The molecule has 0 spiro atoms. The van der Waals surface area contributed by atoms with Crippen molar-refractivity contribution in [2.75, 3.05) is 20.3 Å². The van der Waals surface area contributed by atoms with Gasteiger partial charge in [-0.25, -0.2) is 4.79 Å². The summed E-state index contributed by atoms with van der Waals surface area (Å²) in [4.78, 5) is 30.8. The second-order valence-corrected chi connectivity index (χ2v) is 4.37. The second kappa shape index (κ2) is 10.1. The van der Waals surface area contributed by atoms with Gasteiger partial charge in [-0.05, 0) is 20.8 Å². The maximum absolute atomic E-state index is 10.4. The van der Waals surface area contributed by atoms with Crippen molar-refractivity contribution < 1.29 is 29.0 Å². The second-order valence-electron chi connectivity index (χ2n) is 4.37. The van der Waals surface area contributed by atoms with Crippen LogP contribution in [-0.4, -0.2) is 48.9 Å². The van der Waals surface area contributed by atoms with Gasteiger partial charge in [0.05, 0.1) is 13.5 Å². The highest BCUT2D eigenvalue weighted by atomic mass is 16.6. The number of methoxy groups -OCH3 is 1. The van der Waals surface area contributed by atoms with E-state index in [1.807, 2.05) is 0 Å². The monoisotopic (exact) mass is 278 g/mol. The smallest absolute Gasteiger partial charge is 0.405 e. The van der Waals surface area contributed by atoms with E-state index in [1.54, 1.807) is 20.8 Å². The Kier molecular flexibility index (Phi) is 10.4. The molecule has 0 aromatic carbocycles. The molecule has 112 valence electrons.